The van der Waals surface area contributed by atoms with Crippen molar-refractivity contribution < 1.29 is 9.59 Å². The van der Waals surface area contributed by atoms with Gasteiger partial charge in [-0.2, -0.15) is 0 Å². The minimum absolute atomic E-state index is 0.0115. The van der Waals surface area contributed by atoms with Crippen molar-refractivity contribution in [2.75, 3.05) is 39.0 Å². The molecule has 0 unspecified atom stereocenters. The molecule has 28 heavy (non-hydrogen) atoms. The number of thiazole rings is 1. The first-order valence-electron chi connectivity index (χ1n) is 10.6. The third kappa shape index (κ3) is 6.01. The zero-order chi connectivity index (χ0) is 20.0. The molecule has 1 saturated heterocycles. The van der Waals surface area contributed by atoms with Crippen LogP contribution in [0.4, 0.5) is 5.13 Å². The quantitative estimate of drug-likeness (QED) is 0.751. The summed E-state index contributed by atoms with van der Waals surface area (Å²) in [5.41, 5.74) is -0.197. The number of carbonyl (C=O) groups is 2. The van der Waals surface area contributed by atoms with E-state index in [1.807, 2.05) is 17.3 Å². The van der Waals surface area contributed by atoms with E-state index in [4.69, 9.17) is 0 Å². The molecule has 2 amide bonds. The summed E-state index contributed by atoms with van der Waals surface area (Å²) in [6.07, 6.45) is 10.3. The molecular weight excluding hydrogens is 372 g/mol. The maximum Gasteiger partial charge on any atom is 0.226 e. The lowest BCUT2D eigenvalue weighted by Gasteiger charge is -2.38. The van der Waals surface area contributed by atoms with Crippen molar-refractivity contribution in [2.45, 2.75) is 57.8 Å². The zero-order valence-corrected chi connectivity index (χ0v) is 18.1. The van der Waals surface area contributed by atoms with Crippen LogP contribution in [-0.4, -0.2) is 60.3 Å². The number of hydrogen-bond acceptors (Lipinski definition) is 5. The molecular formula is C21H34N4O2S. The highest BCUT2D eigenvalue weighted by Crippen LogP contribution is 2.43. The summed E-state index contributed by atoms with van der Waals surface area (Å²) in [6, 6.07) is 0. The lowest BCUT2D eigenvalue weighted by Crippen LogP contribution is -2.41. The summed E-state index contributed by atoms with van der Waals surface area (Å²) < 4.78 is 0. The van der Waals surface area contributed by atoms with Gasteiger partial charge in [0.2, 0.25) is 11.8 Å². The van der Waals surface area contributed by atoms with Crippen LogP contribution in [0.3, 0.4) is 0 Å². The first-order valence-corrected chi connectivity index (χ1v) is 11.5. The maximum atomic E-state index is 13.0. The Morgan fingerprint density at radius 3 is 2.61 bits per heavy atom. The number of carbonyl (C=O) groups excluding carboxylic acids is 2. The van der Waals surface area contributed by atoms with E-state index in [1.54, 1.807) is 6.20 Å². The summed E-state index contributed by atoms with van der Waals surface area (Å²) in [7, 11) is 4.10. The maximum absolute atomic E-state index is 13.0. The van der Waals surface area contributed by atoms with Gasteiger partial charge in [0.1, 0.15) is 0 Å². The van der Waals surface area contributed by atoms with E-state index in [0.29, 0.717) is 23.9 Å². The number of amides is 2. The summed E-state index contributed by atoms with van der Waals surface area (Å²) >= 11 is 1.43. The Labute approximate surface area is 172 Å². The molecule has 2 fully saturated rings. The van der Waals surface area contributed by atoms with Crippen molar-refractivity contribution in [1.29, 1.82) is 0 Å². The van der Waals surface area contributed by atoms with Crippen molar-refractivity contribution in [3.05, 3.63) is 11.6 Å². The summed E-state index contributed by atoms with van der Waals surface area (Å²) in [6.45, 7) is 3.08. The van der Waals surface area contributed by atoms with Crippen LogP contribution in [0.5, 0.6) is 0 Å². The van der Waals surface area contributed by atoms with Gasteiger partial charge in [-0.25, -0.2) is 4.98 Å². The minimum Gasteiger partial charge on any atom is -0.345 e. The smallest absolute Gasteiger partial charge is 0.226 e. The predicted molar refractivity (Wildman–Crippen MR) is 113 cm³/mol. The number of hydrogen-bond donors (Lipinski definition) is 1. The fraction of sp³-hybridized carbons (Fsp3) is 0.762. The highest BCUT2D eigenvalue weighted by Gasteiger charge is 2.37. The lowest BCUT2D eigenvalue weighted by molar-refractivity contribution is -0.134. The number of aromatic nitrogens is 1. The van der Waals surface area contributed by atoms with Crippen LogP contribution in [0.1, 0.15) is 57.8 Å². The van der Waals surface area contributed by atoms with Crippen LogP contribution < -0.4 is 5.32 Å². The van der Waals surface area contributed by atoms with Gasteiger partial charge in [-0.05, 0) is 57.2 Å². The van der Waals surface area contributed by atoms with Crippen molar-refractivity contribution in [1.82, 2.24) is 14.8 Å². The Balaban J connectivity index is 1.56. The average molecular weight is 407 g/mol. The number of likely N-dealkylation sites (tertiary alicyclic amines) is 1. The molecule has 0 atom stereocenters. The lowest BCUT2D eigenvalue weighted by atomic mass is 9.69. The number of nitrogens with one attached hydrogen (secondary N) is 1. The fourth-order valence-electron chi connectivity index (χ4n) is 4.70. The SMILES string of the molecule is CN1CCC(CN(C)C(=O)CC2(CC(=O)Nc3nccs3)CCCCC2)CC1. The fourth-order valence-corrected chi connectivity index (χ4v) is 5.24. The Kier molecular flexibility index (Phi) is 7.46. The second-order valence-electron chi connectivity index (χ2n) is 8.82. The van der Waals surface area contributed by atoms with E-state index in [2.05, 4.69) is 22.2 Å². The van der Waals surface area contributed by atoms with Gasteiger partial charge in [0.25, 0.3) is 0 Å². The molecule has 1 aromatic heterocycles. The molecule has 3 rings (SSSR count). The first-order chi connectivity index (χ1) is 13.5. The largest absolute Gasteiger partial charge is 0.345 e. The minimum atomic E-state index is -0.197. The monoisotopic (exact) mass is 406 g/mol. The molecule has 0 radical (unpaired) electrons. The topological polar surface area (TPSA) is 65.5 Å². The van der Waals surface area contributed by atoms with Crippen molar-refractivity contribution in [3.8, 4) is 0 Å². The third-order valence-corrected chi connectivity index (χ3v) is 7.14. The number of nitrogens with zero attached hydrogens (tertiary/aromatic N) is 3. The van der Waals surface area contributed by atoms with E-state index < -0.39 is 0 Å². The highest BCUT2D eigenvalue weighted by atomic mass is 32.1. The number of rotatable bonds is 7. The molecule has 0 aromatic carbocycles. The molecule has 0 spiro atoms. The third-order valence-electron chi connectivity index (χ3n) is 6.45. The molecule has 1 N–H and O–H groups in total. The zero-order valence-electron chi connectivity index (χ0n) is 17.3. The summed E-state index contributed by atoms with van der Waals surface area (Å²) in [5.74, 6) is 0.783. The Bertz CT molecular complexity index is 635. The first kappa shape index (κ1) is 21.2. The second kappa shape index (κ2) is 9.83. The molecule has 1 aromatic rings. The summed E-state index contributed by atoms with van der Waals surface area (Å²) in [4.78, 5) is 34.1. The van der Waals surface area contributed by atoms with Crippen LogP contribution in [0.2, 0.25) is 0 Å². The molecule has 1 aliphatic carbocycles. The molecule has 0 bridgehead atoms. The van der Waals surface area contributed by atoms with Gasteiger partial charge >= 0.3 is 0 Å². The van der Waals surface area contributed by atoms with E-state index >= 15 is 0 Å². The Hall–Kier alpha value is -1.47. The van der Waals surface area contributed by atoms with Crippen LogP contribution in [0.15, 0.2) is 11.6 Å². The van der Waals surface area contributed by atoms with Crippen LogP contribution in [-0.2, 0) is 9.59 Å². The van der Waals surface area contributed by atoms with Crippen LogP contribution in [0, 0.1) is 11.3 Å². The van der Waals surface area contributed by atoms with Gasteiger partial charge in [-0.3, -0.25) is 9.59 Å². The van der Waals surface area contributed by atoms with Gasteiger partial charge in [-0.15, -0.1) is 11.3 Å². The average Bonchev–Trinajstić information content (AvgIpc) is 3.17. The predicted octanol–water partition coefficient (Wildman–Crippen LogP) is 3.61. The van der Waals surface area contributed by atoms with Gasteiger partial charge in [-0.1, -0.05) is 19.3 Å². The van der Waals surface area contributed by atoms with Crippen molar-refractivity contribution in [3.63, 3.8) is 0 Å². The molecule has 6 nitrogen and oxygen atoms in total. The molecule has 156 valence electrons. The van der Waals surface area contributed by atoms with Crippen LogP contribution >= 0.6 is 11.3 Å². The van der Waals surface area contributed by atoms with Crippen molar-refractivity contribution in [2.24, 2.45) is 11.3 Å². The van der Waals surface area contributed by atoms with E-state index in [9.17, 15) is 9.59 Å². The Morgan fingerprint density at radius 1 is 1.25 bits per heavy atom. The van der Waals surface area contributed by atoms with E-state index in [1.165, 1.54) is 17.8 Å². The van der Waals surface area contributed by atoms with Crippen molar-refractivity contribution >= 4 is 28.3 Å². The normalized spacial score (nSPS) is 20.6. The number of piperidine rings is 1. The van der Waals surface area contributed by atoms with Gasteiger partial charge < -0.3 is 15.1 Å². The second-order valence-corrected chi connectivity index (χ2v) is 9.72. The molecule has 2 heterocycles. The number of anilines is 1. The standard InChI is InChI=1S/C21H34N4O2S/c1-24-11-6-17(7-12-24)16-25(2)19(27)15-21(8-4-3-5-9-21)14-18(26)23-20-22-10-13-28-20/h10,13,17H,3-9,11-12,14-16H2,1-2H3,(H,22,23,26). The highest BCUT2D eigenvalue weighted by molar-refractivity contribution is 7.13. The van der Waals surface area contributed by atoms with Gasteiger partial charge in [0.15, 0.2) is 5.13 Å². The molecule has 2 aliphatic rings. The van der Waals surface area contributed by atoms with Gasteiger partial charge in [0, 0.05) is 38.0 Å². The van der Waals surface area contributed by atoms with Gasteiger partial charge in [0.05, 0.1) is 0 Å². The summed E-state index contributed by atoms with van der Waals surface area (Å²) in [5, 5.41) is 5.40. The van der Waals surface area contributed by atoms with E-state index in [0.717, 1.165) is 58.2 Å². The molecule has 1 saturated carbocycles. The van der Waals surface area contributed by atoms with Crippen LogP contribution in [0.25, 0.3) is 0 Å². The van der Waals surface area contributed by atoms with E-state index in [-0.39, 0.29) is 17.2 Å². The Morgan fingerprint density at radius 2 is 1.96 bits per heavy atom. The molecule has 1 aliphatic heterocycles. The molecule has 7 heteroatoms.